The number of aromatic hydroxyl groups is 1. The van der Waals surface area contributed by atoms with Crippen molar-refractivity contribution in [3.8, 4) is 11.5 Å². The molecule has 3 heterocycles. The van der Waals surface area contributed by atoms with Crippen molar-refractivity contribution >= 4 is 11.9 Å². The highest BCUT2D eigenvalue weighted by molar-refractivity contribution is 5.83. The fraction of sp³-hybridized carbons (Fsp3) is 0.714. The summed E-state index contributed by atoms with van der Waals surface area (Å²) in [5.41, 5.74) is 1.37. The van der Waals surface area contributed by atoms with Crippen LogP contribution in [0.3, 0.4) is 0 Å². The second-order valence-electron chi connectivity index (χ2n) is 12.2. The average Bonchev–Trinajstić information content (AvgIpc) is 3.40. The van der Waals surface area contributed by atoms with Crippen LogP contribution >= 0.6 is 0 Å². The third-order valence-corrected chi connectivity index (χ3v) is 10.1. The summed E-state index contributed by atoms with van der Waals surface area (Å²) < 4.78 is 6.66. The topological polar surface area (TPSA) is 171 Å². The third kappa shape index (κ3) is 4.04. The van der Waals surface area contributed by atoms with Gasteiger partial charge in [0.1, 0.15) is 6.10 Å². The van der Waals surface area contributed by atoms with Crippen molar-refractivity contribution in [1.29, 1.82) is 0 Å². The number of likely N-dealkylation sites (tertiary alicyclic amines) is 2. The lowest BCUT2D eigenvalue weighted by atomic mass is 9.48. The van der Waals surface area contributed by atoms with E-state index in [0.29, 0.717) is 11.8 Å². The van der Waals surface area contributed by atoms with Crippen molar-refractivity contribution in [2.75, 3.05) is 26.2 Å². The van der Waals surface area contributed by atoms with Gasteiger partial charge >= 0.3 is 11.9 Å². The minimum atomic E-state index is -2.27. The van der Waals surface area contributed by atoms with E-state index in [0.717, 1.165) is 63.3 Å². The maximum absolute atomic E-state index is 12.4. The van der Waals surface area contributed by atoms with Crippen molar-refractivity contribution in [1.82, 2.24) is 9.80 Å². The molecule has 2 saturated carbocycles. The lowest BCUT2D eigenvalue weighted by Gasteiger charge is -2.64. The standard InChI is InChI=1S/C24H32N2O3.C4H6O6/c27-18-6-5-16-13-19-24(28)8-7-17(25-10-1-2-11-25)22-23(24,20(16)21(18)29-22)9-12-26(19)14-15-3-4-15;5-1(3(7)8)2(6)4(9)10/h5-6,15,17,19,22,27-28H,1-4,7-14H2;1-2,5-6H,(H,7,8)(H,9,10)/t17-,19-,22+,23+,24-;/m1./s1. The molecule has 7 atom stereocenters. The average molecular weight is 547 g/mol. The molecule has 2 saturated heterocycles. The van der Waals surface area contributed by atoms with E-state index in [1.807, 2.05) is 6.07 Å². The molecule has 3 aliphatic carbocycles. The molecule has 1 aromatic carbocycles. The van der Waals surface area contributed by atoms with Crippen LogP contribution in [0.15, 0.2) is 12.1 Å². The van der Waals surface area contributed by atoms with Gasteiger partial charge < -0.3 is 35.4 Å². The molecule has 3 aliphatic heterocycles. The number of carboxylic acid groups (broad SMARTS) is 2. The van der Waals surface area contributed by atoms with E-state index in [1.165, 1.54) is 31.2 Å². The number of phenols is 1. The minimum absolute atomic E-state index is 0.0349. The molecule has 214 valence electrons. The second-order valence-corrected chi connectivity index (χ2v) is 12.2. The molecule has 1 spiro atoms. The monoisotopic (exact) mass is 546 g/mol. The maximum atomic E-state index is 12.4. The van der Waals surface area contributed by atoms with Crippen LogP contribution in [0, 0.1) is 5.92 Å². The van der Waals surface area contributed by atoms with Crippen LogP contribution in [0.5, 0.6) is 11.5 Å². The van der Waals surface area contributed by atoms with Gasteiger partial charge in [-0.3, -0.25) is 9.80 Å². The van der Waals surface area contributed by atoms with Gasteiger partial charge in [0.15, 0.2) is 23.7 Å². The number of phenolic OH excluding ortho intramolecular Hbond substituents is 1. The zero-order chi connectivity index (χ0) is 27.7. The minimum Gasteiger partial charge on any atom is -0.504 e. The molecule has 0 aromatic heterocycles. The van der Waals surface area contributed by atoms with Gasteiger partial charge in [-0.25, -0.2) is 9.59 Å². The zero-order valence-corrected chi connectivity index (χ0v) is 21.9. The Morgan fingerprint density at radius 2 is 1.67 bits per heavy atom. The SMILES string of the molecule is O=C(O)C(O)C(O)C(=O)O.Oc1ccc2c3c1O[C@H]1[C@H](N4CCCC4)CC[C@@]4(O)[C@@H](C2)N(CC2CC2)CC[C@]314. The lowest BCUT2D eigenvalue weighted by Crippen LogP contribution is -2.78. The quantitative estimate of drug-likeness (QED) is 0.290. The fourth-order valence-electron chi connectivity index (χ4n) is 8.17. The number of ether oxygens (including phenoxy) is 1. The van der Waals surface area contributed by atoms with E-state index in [9.17, 15) is 19.8 Å². The summed E-state index contributed by atoms with van der Waals surface area (Å²) in [4.78, 5) is 24.8. The van der Waals surface area contributed by atoms with Crippen LogP contribution in [0.1, 0.15) is 56.1 Å². The van der Waals surface area contributed by atoms with Gasteiger partial charge in [0.2, 0.25) is 0 Å². The van der Waals surface area contributed by atoms with Crippen molar-refractivity contribution in [2.24, 2.45) is 5.92 Å². The molecule has 11 nitrogen and oxygen atoms in total. The molecule has 2 bridgehead atoms. The molecule has 6 N–H and O–H groups in total. The summed E-state index contributed by atoms with van der Waals surface area (Å²) >= 11 is 0. The highest BCUT2D eigenvalue weighted by atomic mass is 16.5. The van der Waals surface area contributed by atoms with Crippen LogP contribution < -0.4 is 4.74 Å². The molecule has 39 heavy (non-hydrogen) atoms. The third-order valence-electron chi connectivity index (χ3n) is 10.1. The summed E-state index contributed by atoms with van der Waals surface area (Å²) in [6.07, 6.45) is 4.36. The van der Waals surface area contributed by atoms with Crippen molar-refractivity contribution in [3.05, 3.63) is 23.3 Å². The van der Waals surface area contributed by atoms with Crippen LogP contribution in [0.25, 0.3) is 0 Å². The summed E-state index contributed by atoms with van der Waals surface area (Å²) in [5, 5.41) is 55.7. The van der Waals surface area contributed by atoms with Gasteiger partial charge in [-0.05, 0) is 88.5 Å². The molecule has 7 rings (SSSR count). The van der Waals surface area contributed by atoms with Gasteiger partial charge in [-0.15, -0.1) is 0 Å². The number of aliphatic carboxylic acids is 2. The van der Waals surface area contributed by atoms with Crippen molar-refractivity contribution < 1.29 is 45.0 Å². The van der Waals surface area contributed by atoms with Gasteiger partial charge in [0.25, 0.3) is 0 Å². The molecule has 6 aliphatic rings. The molecule has 4 fully saturated rings. The Kier molecular flexibility index (Phi) is 6.58. The van der Waals surface area contributed by atoms with Gasteiger partial charge in [-0.1, -0.05) is 6.07 Å². The number of aliphatic hydroxyl groups excluding tert-OH is 2. The van der Waals surface area contributed by atoms with Crippen molar-refractivity contribution in [2.45, 2.75) is 92.8 Å². The summed E-state index contributed by atoms with van der Waals surface area (Å²) in [7, 11) is 0. The Labute approximate surface area is 226 Å². The second kappa shape index (κ2) is 9.59. The summed E-state index contributed by atoms with van der Waals surface area (Å²) in [5.74, 6) is -1.76. The molecule has 1 aromatic rings. The number of carboxylic acids is 2. The zero-order valence-electron chi connectivity index (χ0n) is 21.9. The predicted octanol–water partition coefficient (Wildman–Crippen LogP) is 0.298. The van der Waals surface area contributed by atoms with Crippen LogP contribution in [0.2, 0.25) is 0 Å². The van der Waals surface area contributed by atoms with Crippen LogP contribution in [-0.4, -0.2) is 115 Å². The highest BCUT2D eigenvalue weighted by Crippen LogP contribution is 2.66. The number of hydrogen-bond acceptors (Lipinski definition) is 9. The lowest BCUT2D eigenvalue weighted by molar-refractivity contribution is -0.199. The van der Waals surface area contributed by atoms with E-state index in [2.05, 4.69) is 15.9 Å². The summed E-state index contributed by atoms with van der Waals surface area (Å²) in [6.45, 7) is 4.48. The smallest absolute Gasteiger partial charge is 0.335 e. The Morgan fingerprint density at radius 1 is 1.00 bits per heavy atom. The Bertz CT molecular complexity index is 1130. The van der Waals surface area contributed by atoms with Crippen LogP contribution in [0.4, 0.5) is 0 Å². The van der Waals surface area contributed by atoms with Crippen molar-refractivity contribution in [3.63, 3.8) is 0 Å². The predicted molar refractivity (Wildman–Crippen MR) is 137 cm³/mol. The first-order valence-corrected chi connectivity index (χ1v) is 14.1. The Hall–Kier alpha value is -2.44. The van der Waals surface area contributed by atoms with E-state index in [-0.39, 0.29) is 23.3 Å². The molecule has 11 heteroatoms. The largest absolute Gasteiger partial charge is 0.504 e. The normalized spacial score (nSPS) is 36.2. The van der Waals surface area contributed by atoms with E-state index in [1.54, 1.807) is 0 Å². The summed E-state index contributed by atoms with van der Waals surface area (Å²) in [6, 6.07) is 4.46. The molecular formula is C28H38N2O9. The van der Waals surface area contributed by atoms with E-state index >= 15 is 0 Å². The number of carbonyl (C=O) groups is 2. The first-order valence-electron chi connectivity index (χ1n) is 14.1. The number of hydrogen-bond donors (Lipinski definition) is 6. The Balaban J connectivity index is 0.000000240. The molecule has 2 unspecified atom stereocenters. The van der Waals surface area contributed by atoms with Crippen LogP contribution in [-0.2, 0) is 21.4 Å². The number of aliphatic hydroxyl groups is 3. The number of piperidine rings is 1. The molecule has 0 amide bonds. The number of rotatable bonds is 6. The molecular weight excluding hydrogens is 508 g/mol. The van der Waals surface area contributed by atoms with E-state index in [4.69, 9.17) is 25.2 Å². The van der Waals surface area contributed by atoms with Gasteiger partial charge in [0, 0.05) is 24.2 Å². The van der Waals surface area contributed by atoms with Gasteiger partial charge in [-0.2, -0.15) is 0 Å². The van der Waals surface area contributed by atoms with E-state index < -0.39 is 29.7 Å². The Morgan fingerprint density at radius 3 is 2.28 bits per heavy atom. The first kappa shape index (κ1) is 26.8. The molecule has 0 radical (unpaired) electrons. The first-order chi connectivity index (χ1) is 18.6. The number of benzene rings is 1. The maximum Gasteiger partial charge on any atom is 0.335 e. The fourth-order valence-corrected chi connectivity index (χ4v) is 8.17. The number of nitrogens with zero attached hydrogens (tertiary/aromatic N) is 2. The van der Waals surface area contributed by atoms with Gasteiger partial charge in [0.05, 0.1) is 11.0 Å². The highest BCUT2D eigenvalue weighted by Gasteiger charge is 2.73.